The highest BCUT2D eigenvalue weighted by atomic mass is 32.2. The standard InChI is InChI=1S/C22H31N3O3S/c1-5-6-7-18-8-10-19(11-9-18)22(26)24(4)14-21-16(2)23-25(17(21)3)20-12-13-29(27,28)15-20/h8-11,20H,5-7,12-15H2,1-4H3/t20-/m1/s1. The molecule has 3 rings (SSSR count). The molecule has 2 heterocycles. The second-order valence-corrected chi connectivity index (χ2v) is 10.3. The molecule has 158 valence electrons. The number of benzene rings is 1. The molecule has 0 bridgehead atoms. The van der Waals surface area contributed by atoms with Gasteiger partial charge < -0.3 is 4.90 Å². The highest BCUT2D eigenvalue weighted by Crippen LogP contribution is 2.27. The van der Waals surface area contributed by atoms with Crippen LogP contribution in [0.25, 0.3) is 0 Å². The van der Waals surface area contributed by atoms with Gasteiger partial charge in [-0.3, -0.25) is 9.48 Å². The van der Waals surface area contributed by atoms with E-state index in [1.165, 1.54) is 5.56 Å². The van der Waals surface area contributed by atoms with E-state index < -0.39 is 9.84 Å². The molecule has 0 N–H and O–H groups in total. The predicted octanol–water partition coefficient (Wildman–Crippen LogP) is 3.47. The Labute approximate surface area is 173 Å². The smallest absolute Gasteiger partial charge is 0.253 e. The van der Waals surface area contributed by atoms with Crippen LogP contribution in [-0.4, -0.2) is 47.6 Å². The van der Waals surface area contributed by atoms with E-state index >= 15 is 0 Å². The minimum atomic E-state index is -2.97. The van der Waals surface area contributed by atoms with Crippen molar-refractivity contribution in [1.29, 1.82) is 0 Å². The molecule has 0 aliphatic carbocycles. The lowest BCUT2D eigenvalue weighted by Crippen LogP contribution is -2.26. The first-order valence-corrected chi connectivity index (χ1v) is 12.1. The van der Waals surface area contributed by atoms with Crippen LogP contribution in [0.1, 0.15) is 65.1 Å². The first-order chi connectivity index (χ1) is 13.7. The average Bonchev–Trinajstić information content (AvgIpc) is 3.19. The van der Waals surface area contributed by atoms with Crippen LogP contribution in [0.3, 0.4) is 0 Å². The van der Waals surface area contributed by atoms with E-state index in [1.807, 2.05) is 42.8 Å². The van der Waals surface area contributed by atoms with E-state index in [1.54, 1.807) is 11.9 Å². The van der Waals surface area contributed by atoms with Crippen LogP contribution in [0.5, 0.6) is 0 Å². The molecule has 0 spiro atoms. The highest BCUT2D eigenvalue weighted by Gasteiger charge is 2.31. The minimum Gasteiger partial charge on any atom is -0.337 e. The number of aromatic nitrogens is 2. The van der Waals surface area contributed by atoms with E-state index in [2.05, 4.69) is 12.0 Å². The summed E-state index contributed by atoms with van der Waals surface area (Å²) in [5.41, 5.74) is 4.72. The molecule has 7 heteroatoms. The summed E-state index contributed by atoms with van der Waals surface area (Å²) < 4.78 is 25.5. The van der Waals surface area contributed by atoms with Crippen molar-refractivity contribution in [2.24, 2.45) is 0 Å². The molecule has 6 nitrogen and oxygen atoms in total. The third-order valence-electron chi connectivity index (χ3n) is 5.79. The van der Waals surface area contributed by atoms with Crippen LogP contribution in [0.2, 0.25) is 0 Å². The Morgan fingerprint density at radius 3 is 2.52 bits per heavy atom. The molecule has 0 radical (unpaired) electrons. The summed E-state index contributed by atoms with van der Waals surface area (Å²) >= 11 is 0. The molecular weight excluding hydrogens is 386 g/mol. The zero-order chi connectivity index (χ0) is 21.2. The van der Waals surface area contributed by atoms with Crippen LogP contribution >= 0.6 is 0 Å². The van der Waals surface area contributed by atoms with Crippen LogP contribution in [0.15, 0.2) is 24.3 Å². The van der Waals surface area contributed by atoms with E-state index in [4.69, 9.17) is 0 Å². The number of aryl methyl sites for hydroxylation is 2. The zero-order valence-corrected chi connectivity index (χ0v) is 18.6. The van der Waals surface area contributed by atoms with E-state index in [9.17, 15) is 13.2 Å². The number of nitrogens with zero attached hydrogens (tertiary/aromatic N) is 3. The summed E-state index contributed by atoms with van der Waals surface area (Å²) in [7, 11) is -1.18. The lowest BCUT2D eigenvalue weighted by Gasteiger charge is -2.18. The molecular formula is C22H31N3O3S. The van der Waals surface area contributed by atoms with Crippen molar-refractivity contribution < 1.29 is 13.2 Å². The summed E-state index contributed by atoms with van der Waals surface area (Å²) in [6.45, 7) is 6.50. The molecule has 1 fully saturated rings. The topological polar surface area (TPSA) is 72.3 Å². The predicted molar refractivity (Wildman–Crippen MR) is 115 cm³/mol. The lowest BCUT2D eigenvalue weighted by atomic mass is 10.1. The first-order valence-electron chi connectivity index (χ1n) is 10.3. The molecule has 29 heavy (non-hydrogen) atoms. The van der Waals surface area contributed by atoms with Crippen molar-refractivity contribution in [2.45, 2.75) is 59.0 Å². The number of sulfone groups is 1. The maximum absolute atomic E-state index is 12.9. The third kappa shape index (κ3) is 4.89. The van der Waals surface area contributed by atoms with Crippen molar-refractivity contribution in [3.05, 3.63) is 52.3 Å². The van der Waals surface area contributed by atoms with Gasteiger partial charge in [-0.05, 0) is 50.8 Å². The van der Waals surface area contributed by atoms with Crippen LogP contribution in [0, 0.1) is 13.8 Å². The maximum atomic E-state index is 12.9. The average molecular weight is 418 g/mol. The first kappa shape index (κ1) is 21.6. The van der Waals surface area contributed by atoms with Crippen LogP contribution in [-0.2, 0) is 22.8 Å². The summed E-state index contributed by atoms with van der Waals surface area (Å²) in [4.78, 5) is 14.6. The highest BCUT2D eigenvalue weighted by molar-refractivity contribution is 7.91. The molecule has 1 amide bonds. The second-order valence-electron chi connectivity index (χ2n) is 8.11. The summed E-state index contributed by atoms with van der Waals surface area (Å²) in [5, 5.41) is 4.60. The van der Waals surface area contributed by atoms with Gasteiger partial charge in [-0.25, -0.2) is 8.42 Å². The van der Waals surface area contributed by atoms with Gasteiger partial charge in [0.05, 0.1) is 23.2 Å². The Hall–Kier alpha value is -2.15. The van der Waals surface area contributed by atoms with Crippen molar-refractivity contribution in [3.8, 4) is 0 Å². The monoisotopic (exact) mass is 417 g/mol. The molecule has 1 aromatic heterocycles. The number of hydrogen-bond donors (Lipinski definition) is 0. The number of hydrogen-bond acceptors (Lipinski definition) is 4. The normalized spacial score (nSPS) is 18.1. The van der Waals surface area contributed by atoms with Crippen molar-refractivity contribution in [3.63, 3.8) is 0 Å². The van der Waals surface area contributed by atoms with Crippen LogP contribution in [0.4, 0.5) is 0 Å². The molecule has 2 aromatic rings. The van der Waals surface area contributed by atoms with Gasteiger partial charge in [0.2, 0.25) is 0 Å². The molecule has 0 saturated carbocycles. The maximum Gasteiger partial charge on any atom is 0.253 e. The molecule has 1 saturated heterocycles. The summed E-state index contributed by atoms with van der Waals surface area (Å²) in [6, 6.07) is 7.76. The zero-order valence-electron chi connectivity index (χ0n) is 17.8. The molecule has 0 unspecified atom stereocenters. The van der Waals surface area contributed by atoms with Gasteiger partial charge >= 0.3 is 0 Å². The minimum absolute atomic E-state index is 0.0259. The van der Waals surface area contributed by atoms with E-state index in [-0.39, 0.29) is 23.5 Å². The molecule has 1 aliphatic rings. The van der Waals surface area contributed by atoms with Gasteiger partial charge in [0.1, 0.15) is 0 Å². The number of unbranched alkanes of at least 4 members (excludes halogenated alkanes) is 1. The Morgan fingerprint density at radius 2 is 1.93 bits per heavy atom. The SMILES string of the molecule is CCCCc1ccc(C(=O)N(C)Cc2c(C)nn([C@@H]3CCS(=O)(=O)C3)c2C)cc1. The van der Waals surface area contributed by atoms with Crippen molar-refractivity contribution >= 4 is 15.7 Å². The van der Waals surface area contributed by atoms with Gasteiger partial charge in [0.25, 0.3) is 5.91 Å². The second kappa shape index (κ2) is 8.69. The summed E-state index contributed by atoms with van der Waals surface area (Å²) in [6.07, 6.45) is 3.94. The third-order valence-corrected chi connectivity index (χ3v) is 7.54. The number of rotatable bonds is 7. The Morgan fingerprint density at radius 1 is 1.24 bits per heavy atom. The Balaban J connectivity index is 1.72. The number of amides is 1. The fourth-order valence-electron chi connectivity index (χ4n) is 3.97. The lowest BCUT2D eigenvalue weighted by molar-refractivity contribution is 0.0784. The molecule has 1 aromatic carbocycles. The van der Waals surface area contributed by atoms with Crippen LogP contribution < -0.4 is 0 Å². The van der Waals surface area contributed by atoms with Crippen molar-refractivity contribution in [1.82, 2.24) is 14.7 Å². The van der Waals surface area contributed by atoms with Gasteiger partial charge in [-0.15, -0.1) is 0 Å². The van der Waals surface area contributed by atoms with Gasteiger partial charge in [0.15, 0.2) is 9.84 Å². The quantitative estimate of drug-likeness (QED) is 0.691. The number of carbonyl (C=O) groups excluding carboxylic acids is 1. The van der Waals surface area contributed by atoms with Crippen molar-refractivity contribution in [2.75, 3.05) is 18.6 Å². The largest absolute Gasteiger partial charge is 0.337 e. The van der Waals surface area contributed by atoms with Gasteiger partial charge in [-0.2, -0.15) is 5.10 Å². The Kier molecular flexibility index (Phi) is 6.46. The fourth-order valence-corrected chi connectivity index (χ4v) is 5.67. The molecule has 1 aliphatic heterocycles. The van der Waals surface area contributed by atoms with E-state index in [0.717, 1.165) is 36.2 Å². The summed E-state index contributed by atoms with van der Waals surface area (Å²) in [5.74, 6) is 0.341. The van der Waals surface area contributed by atoms with E-state index in [0.29, 0.717) is 18.5 Å². The number of carbonyl (C=O) groups is 1. The fraction of sp³-hybridized carbons (Fsp3) is 0.545. The Bertz CT molecular complexity index is 977. The van der Waals surface area contributed by atoms with Gasteiger partial charge in [0, 0.05) is 30.4 Å². The van der Waals surface area contributed by atoms with Gasteiger partial charge in [-0.1, -0.05) is 25.5 Å². The molecule has 1 atom stereocenters.